The zero-order valence-corrected chi connectivity index (χ0v) is 17.3. The zero-order chi connectivity index (χ0) is 21.9. The molecule has 1 aromatic heterocycles. The van der Waals surface area contributed by atoms with Crippen LogP contribution in [-0.2, 0) is 9.47 Å². The van der Waals surface area contributed by atoms with Crippen molar-refractivity contribution in [3.63, 3.8) is 0 Å². The fourth-order valence-electron chi connectivity index (χ4n) is 3.58. The lowest BCUT2D eigenvalue weighted by Gasteiger charge is -2.26. The molecule has 168 valence electrons. The van der Waals surface area contributed by atoms with Gasteiger partial charge < -0.3 is 14.8 Å². The van der Waals surface area contributed by atoms with Crippen molar-refractivity contribution in [1.29, 1.82) is 0 Å². The molecule has 1 aromatic rings. The summed E-state index contributed by atoms with van der Waals surface area (Å²) in [6.07, 6.45) is 12.2. The highest BCUT2D eigenvalue weighted by molar-refractivity contribution is 5.92. The van der Waals surface area contributed by atoms with E-state index in [0.29, 0.717) is 30.7 Å². The minimum Gasteiger partial charge on any atom is -0.479 e. The van der Waals surface area contributed by atoms with E-state index in [4.69, 9.17) is 9.47 Å². The maximum absolute atomic E-state index is 12.1. The molecule has 0 spiro atoms. The number of imidazole rings is 1. The lowest BCUT2D eigenvalue weighted by Crippen LogP contribution is -2.23. The Morgan fingerprint density at radius 3 is 2.67 bits per heavy atom. The summed E-state index contributed by atoms with van der Waals surface area (Å²) < 4.78 is 41.8. The van der Waals surface area contributed by atoms with Crippen LogP contribution >= 0.6 is 0 Å². The number of carbonyl (C=O) groups is 1. The predicted molar refractivity (Wildman–Crippen MR) is 107 cm³/mol. The van der Waals surface area contributed by atoms with Crippen LogP contribution in [0.5, 0.6) is 0 Å². The third-order valence-electron chi connectivity index (χ3n) is 5.20. The van der Waals surface area contributed by atoms with E-state index in [1.54, 1.807) is 17.9 Å². The van der Waals surface area contributed by atoms with Crippen molar-refractivity contribution in [2.75, 3.05) is 20.3 Å². The van der Waals surface area contributed by atoms with Crippen LogP contribution in [0, 0.1) is 5.92 Å². The highest BCUT2D eigenvalue weighted by Crippen LogP contribution is 2.27. The van der Waals surface area contributed by atoms with Gasteiger partial charge >= 0.3 is 6.68 Å². The number of carbonyl (C=O) groups excluding carboxylic acids is 1. The first kappa shape index (κ1) is 23.9. The number of nitrogens with one attached hydrogen (secondary N) is 1. The Hall–Kier alpha value is -2.36. The monoisotopic (exact) mass is 430 g/mol. The van der Waals surface area contributed by atoms with Crippen LogP contribution in [0.2, 0.25) is 0 Å². The molecule has 0 unspecified atom stereocenters. The van der Waals surface area contributed by atoms with E-state index in [9.17, 15) is 18.0 Å². The fourth-order valence-corrected chi connectivity index (χ4v) is 3.58. The Morgan fingerprint density at radius 1 is 1.37 bits per heavy atom. The molecule has 1 fully saturated rings. The molecule has 1 saturated carbocycles. The average molecular weight is 430 g/mol. The maximum atomic E-state index is 12.1. The second kappa shape index (κ2) is 12.4. The summed E-state index contributed by atoms with van der Waals surface area (Å²) in [6.45, 7) is -0.374. The molecule has 1 amide bonds. The summed E-state index contributed by atoms with van der Waals surface area (Å²) in [4.78, 5) is 16.5. The van der Waals surface area contributed by atoms with Gasteiger partial charge in [-0.2, -0.15) is 13.2 Å². The first-order chi connectivity index (χ1) is 14.4. The van der Waals surface area contributed by atoms with Crippen LogP contribution < -0.4 is 5.32 Å². The Balaban J connectivity index is 0.000000735. The third kappa shape index (κ3) is 7.16. The van der Waals surface area contributed by atoms with Gasteiger partial charge in [0.15, 0.2) is 17.9 Å². The van der Waals surface area contributed by atoms with Crippen molar-refractivity contribution in [3.05, 3.63) is 23.8 Å². The van der Waals surface area contributed by atoms with Crippen molar-refractivity contribution in [1.82, 2.24) is 15.0 Å². The Bertz CT molecular complexity index is 728. The number of alkyl halides is 3. The second-order valence-corrected chi connectivity index (χ2v) is 7.12. The lowest BCUT2D eigenvalue weighted by atomic mass is 9.86. The van der Waals surface area contributed by atoms with Crippen molar-refractivity contribution >= 4 is 17.9 Å². The first-order valence-corrected chi connectivity index (χ1v) is 10.1. The molecule has 10 heteroatoms. The number of rotatable bonds is 6. The predicted octanol–water partition coefficient (Wildman–Crippen LogP) is 4.00. The molecule has 2 aliphatic rings. The summed E-state index contributed by atoms with van der Waals surface area (Å²) in [5, 5.41) is 7.04. The number of halogens is 3. The Morgan fingerprint density at radius 2 is 2.07 bits per heavy atom. The molecule has 1 aliphatic carbocycles. The molecule has 0 radical (unpaired) electrons. The molecule has 1 aliphatic heterocycles. The number of nitrogens with zero attached hydrogens (tertiary/aromatic N) is 3. The summed E-state index contributed by atoms with van der Waals surface area (Å²) in [7, 11) is 1.60. The van der Waals surface area contributed by atoms with E-state index in [-0.39, 0.29) is 12.0 Å². The van der Waals surface area contributed by atoms with Gasteiger partial charge in [0, 0.05) is 7.05 Å². The molecule has 30 heavy (non-hydrogen) atoms. The highest BCUT2D eigenvalue weighted by Gasteiger charge is 2.21. The van der Waals surface area contributed by atoms with Crippen molar-refractivity contribution < 1.29 is 27.4 Å². The number of hydrogen-bond donors (Lipinski definition) is 1. The molecule has 3 rings (SSSR count). The third-order valence-corrected chi connectivity index (χ3v) is 5.20. The number of ether oxygens (including phenoxy) is 2. The van der Waals surface area contributed by atoms with Crippen LogP contribution in [0.4, 0.5) is 13.2 Å². The molecule has 7 nitrogen and oxygen atoms in total. The van der Waals surface area contributed by atoms with Crippen LogP contribution in [0.1, 0.15) is 61.8 Å². The van der Waals surface area contributed by atoms with E-state index >= 15 is 0 Å². The van der Waals surface area contributed by atoms with Gasteiger partial charge in [0.2, 0.25) is 0 Å². The summed E-state index contributed by atoms with van der Waals surface area (Å²) in [5.74, 6) is 1.01. The minimum atomic E-state index is -3.67. The van der Waals surface area contributed by atoms with Gasteiger partial charge in [-0.25, -0.2) is 9.66 Å². The summed E-state index contributed by atoms with van der Waals surface area (Å²) in [6, 6.07) is 0. The molecule has 1 atom stereocenters. The maximum Gasteiger partial charge on any atom is 0.379 e. The largest absolute Gasteiger partial charge is 0.479 e. The second-order valence-electron chi connectivity index (χ2n) is 7.12. The zero-order valence-electron chi connectivity index (χ0n) is 17.3. The van der Waals surface area contributed by atoms with Gasteiger partial charge in [0.05, 0.1) is 25.5 Å². The fraction of sp³-hybridized carbons (Fsp3) is 0.650. The molecule has 0 saturated heterocycles. The van der Waals surface area contributed by atoms with Crippen molar-refractivity contribution in [3.8, 4) is 0 Å². The van der Waals surface area contributed by atoms with E-state index in [0.717, 1.165) is 12.0 Å². The van der Waals surface area contributed by atoms with Gasteiger partial charge in [-0.15, -0.1) is 5.10 Å². The summed E-state index contributed by atoms with van der Waals surface area (Å²) in [5.41, 5.74) is 1.42. The molecule has 0 bridgehead atoms. The quantitative estimate of drug-likeness (QED) is 0.547. The van der Waals surface area contributed by atoms with E-state index in [1.807, 2.05) is 6.08 Å². The number of amides is 1. The highest BCUT2D eigenvalue weighted by atomic mass is 19.4. The van der Waals surface area contributed by atoms with Gasteiger partial charge in [-0.3, -0.25) is 4.79 Å². The Kier molecular flexibility index (Phi) is 9.85. The van der Waals surface area contributed by atoms with Gasteiger partial charge in [0.1, 0.15) is 0 Å². The van der Waals surface area contributed by atoms with E-state index < -0.39 is 6.68 Å². The number of hydrogen-bond acceptors (Lipinski definition) is 5. The molecule has 1 N–H and O–H groups in total. The van der Waals surface area contributed by atoms with E-state index in [1.165, 1.54) is 38.5 Å². The van der Waals surface area contributed by atoms with E-state index in [2.05, 4.69) is 22.3 Å². The molecule has 2 heterocycles. The summed E-state index contributed by atoms with van der Waals surface area (Å²) >= 11 is 0. The molecular weight excluding hydrogens is 401 g/mol. The SMILES string of the molecule is CNC(=O)c1cnc(C2=CCOCC2)n1/N=C/O[C@H](C)C1CCCCC1.FC(F)F. The molecule has 0 aromatic carbocycles. The first-order valence-electron chi connectivity index (χ1n) is 10.1. The lowest BCUT2D eigenvalue weighted by molar-refractivity contribution is 0.00818. The van der Waals surface area contributed by atoms with Crippen LogP contribution in [0.15, 0.2) is 17.4 Å². The number of aromatic nitrogens is 2. The smallest absolute Gasteiger partial charge is 0.379 e. The van der Waals surface area contributed by atoms with Crippen molar-refractivity contribution in [2.24, 2.45) is 11.0 Å². The Labute approximate surface area is 174 Å². The van der Waals surface area contributed by atoms with Gasteiger partial charge in [0.25, 0.3) is 5.91 Å². The topological polar surface area (TPSA) is 77.7 Å². The van der Waals surface area contributed by atoms with Crippen molar-refractivity contribution in [2.45, 2.75) is 58.2 Å². The normalized spacial score (nSPS) is 18.5. The van der Waals surface area contributed by atoms with Crippen LogP contribution in [0.3, 0.4) is 0 Å². The minimum absolute atomic E-state index is 0.122. The van der Waals surface area contributed by atoms with Crippen LogP contribution in [0.25, 0.3) is 5.57 Å². The van der Waals surface area contributed by atoms with Gasteiger partial charge in [-0.05, 0) is 37.7 Å². The van der Waals surface area contributed by atoms with Crippen LogP contribution in [-0.4, -0.2) is 55.0 Å². The average Bonchev–Trinajstić information content (AvgIpc) is 3.18. The standard InChI is InChI=1S/C19H28N4O3.CHF3/c1-14(15-6-4-3-5-7-15)26-13-22-23-17(19(24)20-2)12-21-18(23)16-8-10-25-11-9-16;2-1(3)4/h8,12-15H,3-7,9-11H2,1-2H3,(H,20,24);1H/b22-13+;/t14-;/m1./s1. The molecular formula is C20H29F3N4O3. The van der Waals surface area contributed by atoms with Gasteiger partial charge in [-0.1, -0.05) is 25.3 Å².